The summed E-state index contributed by atoms with van der Waals surface area (Å²) in [5.41, 5.74) is 0. The molecule has 78 valence electrons. The van der Waals surface area contributed by atoms with Crippen LogP contribution in [0.4, 0.5) is 0 Å². The van der Waals surface area contributed by atoms with Crippen molar-refractivity contribution in [2.75, 3.05) is 13.1 Å². The van der Waals surface area contributed by atoms with Crippen LogP contribution in [0.3, 0.4) is 0 Å². The lowest BCUT2D eigenvalue weighted by atomic mass is 9.82. The molecule has 1 saturated carbocycles. The molecule has 2 nitrogen and oxygen atoms in total. The Kier molecular flexibility index (Phi) is 4.74. The second kappa shape index (κ2) is 5.61. The predicted molar refractivity (Wildman–Crippen MR) is 55.7 cm³/mol. The molecular weight excluding hydrogens is 162 g/mol. The van der Waals surface area contributed by atoms with Gasteiger partial charge in [-0.1, -0.05) is 26.7 Å². The molecule has 0 aromatic rings. The molecule has 0 aromatic heterocycles. The molecule has 0 atom stereocenters. The molecule has 1 aliphatic carbocycles. The summed E-state index contributed by atoms with van der Waals surface area (Å²) in [6.45, 7) is 6.76. The molecule has 13 heavy (non-hydrogen) atoms. The van der Waals surface area contributed by atoms with E-state index >= 15 is 0 Å². The van der Waals surface area contributed by atoms with Gasteiger partial charge in [-0.2, -0.15) is 0 Å². The average Bonchev–Trinajstić information content (AvgIpc) is 2.09. The normalized spacial score (nSPS) is 27.7. The molecule has 0 heterocycles. The van der Waals surface area contributed by atoms with Crippen molar-refractivity contribution in [1.29, 1.82) is 0 Å². The van der Waals surface area contributed by atoms with E-state index in [1.165, 1.54) is 12.8 Å². The van der Waals surface area contributed by atoms with Crippen LogP contribution < -0.4 is 5.32 Å². The van der Waals surface area contributed by atoms with E-state index in [0.717, 1.165) is 37.8 Å². The molecule has 0 saturated heterocycles. The highest BCUT2D eigenvalue weighted by Crippen LogP contribution is 2.26. The van der Waals surface area contributed by atoms with Crippen molar-refractivity contribution < 1.29 is 5.11 Å². The molecule has 0 radical (unpaired) electrons. The Labute approximate surface area is 81.7 Å². The van der Waals surface area contributed by atoms with Gasteiger partial charge in [0.1, 0.15) is 0 Å². The fourth-order valence-electron chi connectivity index (χ4n) is 1.94. The van der Waals surface area contributed by atoms with Gasteiger partial charge < -0.3 is 10.4 Å². The van der Waals surface area contributed by atoms with E-state index in [-0.39, 0.29) is 6.10 Å². The summed E-state index contributed by atoms with van der Waals surface area (Å²) in [6, 6.07) is 0. The molecular formula is C11H23NO. The number of aliphatic hydroxyl groups excluding tert-OH is 1. The SMILES string of the molecule is CCC(CC)CNCC1CC(O)C1. The molecule has 0 bridgehead atoms. The van der Waals surface area contributed by atoms with Crippen molar-refractivity contribution in [3.8, 4) is 0 Å². The highest BCUT2D eigenvalue weighted by molar-refractivity contribution is 4.80. The van der Waals surface area contributed by atoms with Crippen LogP contribution in [-0.2, 0) is 0 Å². The third kappa shape index (κ3) is 3.65. The van der Waals surface area contributed by atoms with Crippen molar-refractivity contribution in [1.82, 2.24) is 5.32 Å². The first kappa shape index (κ1) is 11.0. The molecule has 1 rings (SSSR count). The summed E-state index contributed by atoms with van der Waals surface area (Å²) >= 11 is 0. The Bertz CT molecular complexity index is 128. The van der Waals surface area contributed by atoms with Gasteiger partial charge in [0.15, 0.2) is 0 Å². The number of hydrogen-bond acceptors (Lipinski definition) is 2. The van der Waals surface area contributed by atoms with Crippen LogP contribution in [0.2, 0.25) is 0 Å². The van der Waals surface area contributed by atoms with Crippen LogP contribution >= 0.6 is 0 Å². The Morgan fingerprint density at radius 2 is 1.92 bits per heavy atom. The maximum absolute atomic E-state index is 9.09. The summed E-state index contributed by atoms with van der Waals surface area (Å²) < 4.78 is 0. The molecule has 0 unspecified atom stereocenters. The fourth-order valence-corrected chi connectivity index (χ4v) is 1.94. The maximum Gasteiger partial charge on any atom is 0.0546 e. The second-order valence-corrected chi connectivity index (χ2v) is 4.33. The van der Waals surface area contributed by atoms with Gasteiger partial charge in [0.05, 0.1) is 6.10 Å². The Morgan fingerprint density at radius 3 is 2.38 bits per heavy atom. The standard InChI is InChI=1S/C11H23NO/c1-3-9(4-2)7-12-8-10-5-11(13)6-10/h9-13H,3-8H2,1-2H3. The lowest BCUT2D eigenvalue weighted by molar-refractivity contribution is 0.0427. The number of aliphatic hydroxyl groups is 1. The van der Waals surface area contributed by atoms with Crippen LogP contribution in [-0.4, -0.2) is 24.3 Å². The van der Waals surface area contributed by atoms with Crippen LogP contribution in [0.15, 0.2) is 0 Å². The molecule has 1 aliphatic rings. The van der Waals surface area contributed by atoms with Gasteiger partial charge in [-0.15, -0.1) is 0 Å². The summed E-state index contributed by atoms with van der Waals surface area (Å²) in [6.07, 6.45) is 4.57. The summed E-state index contributed by atoms with van der Waals surface area (Å²) in [5.74, 6) is 1.58. The zero-order chi connectivity index (χ0) is 9.68. The minimum Gasteiger partial charge on any atom is -0.393 e. The van der Waals surface area contributed by atoms with Gasteiger partial charge >= 0.3 is 0 Å². The van der Waals surface area contributed by atoms with Gasteiger partial charge in [0.2, 0.25) is 0 Å². The maximum atomic E-state index is 9.09. The van der Waals surface area contributed by atoms with Crippen molar-refractivity contribution in [3.05, 3.63) is 0 Å². The quantitative estimate of drug-likeness (QED) is 0.661. The first-order chi connectivity index (χ1) is 6.26. The molecule has 1 fully saturated rings. The lowest BCUT2D eigenvalue weighted by Gasteiger charge is -2.31. The van der Waals surface area contributed by atoms with Gasteiger partial charge in [-0.3, -0.25) is 0 Å². The molecule has 0 amide bonds. The van der Waals surface area contributed by atoms with Gasteiger partial charge in [-0.05, 0) is 37.8 Å². The zero-order valence-electron chi connectivity index (χ0n) is 8.92. The summed E-state index contributed by atoms with van der Waals surface area (Å²) in [7, 11) is 0. The van der Waals surface area contributed by atoms with Crippen LogP contribution in [0.1, 0.15) is 39.5 Å². The van der Waals surface area contributed by atoms with Crippen molar-refractivity contribution in [2.24, 2.45) is 11.8 Å². The number of hydrogen-bond donors (Lipinski definition) is 2. The molecule has 0 aromatic carbocycles. The van der Waals surface area contributed by atoms with Crippen molar-refractivity contribution in [2.45, 2.75) is 45.6 Å². The van der Waals surface area contributed by atoms with Gasteiger partial charge in [0.25, 0.3) is 0 Å². The van der Waals surface area contributed by atoms with Gasteiger partial charge in [0, 0.05) is 0 Å². The average molecular weight is 185 g/mol. The number of rotatable bonds is 6. The largest absolute Gasteiger partial charge is 0.393 e. The van der Waals surface area contributed by atoms with Gasteiger partial charge in [-0.25, -0.2) is 0 Å². The van der Waals surface area contributed by atoms with E-state index in [9.17, 15) is 0 Å². The molecule has 0 spiro atoms. The minimum atomic E-state index is -0.0000489. The van der Waals surface area contributed by atoms with E-state index in [1.807, 2.05) is 0 Å². The van der Waals surface area contributed by atoms with E-state index in [1.54, 1.807) is 0 Å². The molecule has 2 heteroatoms. The predicted octanol–water partition coefficient (Wildman–Crippen LogP) is 1.78. The summed E-state index contributed by atoms with van der Waals surface area (Å²) in [4.78, 5) is 0. The summed E-state index contributed by atoms with van der Waals surface area (Å²) in [5, 5.41) is 12.6. The van der Waals surface area contributed by atoms with Crippen LogP contribution in [0.5, 0.6) is 0 Å². The highest BCUT2D eigenvalue weighted by atomic mass is 16.3. The molecule has 0 aliphatic heterocycles. The zero-order valence-corrected chi connectivity index (χ0v) is 8.92. The Morgan fingerprint density at radius 1 is 1.31 bits per heavy atom. The lowest BCUT2D eigenvalue weighted by Crippen LogP contribution is -2.37. The first-order valence-electron chi connectivity index (χ1n) is 5.65. The van der Waals surface area contributed by atoms with Crippen molar-refractivity contribution in [3.63, 3.8) is 0 Å². The van der Waals surface area contributed by atoms with E-state index in [2.05, 4.69) is 19.2 Å². The highest BCUT2D eigenvalue weighted by Gasteiger charge is 2.26. The smallest absolute Gasteiger partial charge is 0.0546 e. The van der Waals surface area contributed by atoms with E-state index in [0.29, 0.717) is 0 Å². The van der Waals surface area contributed by atoms with Crippen LogP contribution in [0, 0.1) is 11.8 Å². The fraction of sp³-hybridized carbons (Fsp3) is 1.00. The van der Waals surface area contributed by atoms with Crippen molar-refractivity contribution >= 4 is 0 Å². The van der Waals surface area contributed by atoms with E-state index in [4.69, 9.17) is 5.11 Å². The third-order valence-electron chi connectivity index (χ3n) is 3.23. The third-order valence-corrected chi connectivity index (χ3v) is 3.23. The number of nitrogens with one attached hydrogen (secondary N) is 1. The monoisotopic (exact) mass is 185 g/mol. The second-order valence-electron chi connectivity index (χ2n) is 4.33. The topological polar surface area (TPSA) is 32.3 Å². The first-order valence-corrected chi connectivity index (χ1v) is 5.65. The van der Waals surface area contributed by atoms with Crippen LogP contribution in [0.25, 0.3) is 0 Å². The van der Waals surface area contributed by atoms with E-state index < -0.39 is 0 Å². The Hall–Kier alpha value is -0.0800. The Balaban J connectivity index is 1.94. The minimum absolute atomic E-state index is 0.0000489. The molecule has 2 N–H and O–H groups in total.